The molecule has 1 amide bonds. The Hall–Kier alpha value is -2.50. The van der Waals surface area contributed by atoms with E-state index in [0.29, 0.717) is 16.4 Å². The number of benzene rings is 2. The highest BCUT2D eigenvalue weighted by Gasteiger charge is 2.18. The van der Waals surface area contributed by atoms with Gasteiger partial charge >= 0.3 is 5.97 Å². The number of carbonyl (C=O) groups is 2. The summed E-state index contributed by atoms with van der Waals surface area (Å²) in [6.45, 7) is -0.216. The number of carbonyl (C=O) groups excluding carboxylic acids is 2. The zero-order valence-electron chi connectivity index (χ0n) is 15.7. The molecule has 0 saturated heterocycles. The average Bonchev–Trinajstić information content (AvgIpc) is 3.14. The number of rotatable bonds is 6. The van der Waals surface area contributed by atoms with Gasteiger partial charge in [0, 0.05) is 16.6 Å². The molecule has 1 heterocycles. The number of sulfonamides is 1. The SMILES string of the molecule is NS(=O)(=O)c1cc(C(=O)OCC(=O)N=c2sccn2Cc2ccccc2Cl)ccc1Cl. The molecule has 2 aromatic carbocycles. The summed E-state index contributed by atoms with van der Waals surface area (Å²) in [5.74, 6) is -1.61. The van der Waals surface area contributed by atoms with Gasteiger partial charge in [-0.2, -0.15) is 4.99 Å². The van der Waals surface area contributed by atoms with E-state index in [1.807, 2.05) is 18.2 Å². The number of nitrogens with two attached hydrogens (primary N) is 1. The number of amides is 1. The second-order valence-electron chi connectivity index (χ2n) is 6.18. The lowest BCUT2D eigenvalue weighted by atomic mass is 10.2. The molecule has 0 aliphatic rings. The smallest absolute Gasteiger partial charge is 0.338 e. The van der Waals surface area contributed by atoms with Gasteiger partial charge in [0.2, 0.25) is 10.0 Å². The largest absolute Gasteiger partial charge is 0.452 e. The van der Waals surface area contributed by atoms with Crippen molar-refractivity contribution >= 4 is 56.4 Å². The van der Waals surface area contributed by atoms with Crippen molar-refractivity contribution in [3.05, 3.63) is 80.0 Å². The molecule has 0 radical (unpaired) electrons. The Morgan fingerprint density at radius 1 is 1.13 bits per heavy atom. The quantitative estimate of drug-likeness (QED) is 0.522. The van der Waals surface area contributed by atoms with Crippen molar-refractivity contribution in [3.63, 3.8) is 0 Å². The van der Waals surface area contributed by atoms with Gasteiger partial charge in [-0.1, -0.05) is 41.4 Å². The fourth-order valence-corrected chi connectivity index (χ4v) is 4.53. The Balaban J connectivity index is 1.70. The molecule has 0 aliphatic heterocycles. The van der Waals surface area contributed by atoms with E-state index in [1.165, 1.54) is 23.5 Å². The van der Waals surface area contributed by atoms with Crippen LogP contribution in [0.2, 0.25) is 10.0 Å². The molecule has 3 rings (SSSR count). The summed E-state index contributed by atoms with van der Waals surface area (Å²) in [4.78, 5) is 28.3. The van der Waals surface area contributed by atoms with Gasteiger partial charge in [0.25, 0.3) is 5.91 Å². The molecule has 162 valence electrons. The molecule has 1 aromatic heterocycles. The number of halogens is 2. The number of primary sulfonamides is 1. The molecule has 0 fully saturated rings. The van der Waals surface area contributed by atoms with Crippen molar-refractivity contribution in [2.75, 3.05) is 6.61 Å². The summed E-state index contributed by atoms with van der Waals surface area (Å²) in [7, 11) is -4.12. The lowest BCUT2D eigenvalue weighted by Gasteiger charge is -2.06. The van der Waals surface area contributed by atoms with Gasteiger partial charge in [0.1, 0.15) is 4.90 Å². The maximum absolute atomic E-state index is 12.2. The summed E-state index contributed by atoms with van der Waals surface area (Å²) in [6.07, 6.45) is 1.76. The van der Waals surface area contributed by atoms with Crippen molar-refractivity contribution in [1.82, 2.24) is 4.57 Å². The fraction of sp³-hybridized carbons (Fsp3) is 0.105. The maximum atomic E-state index is 12.2. The predicted molar refractivity (Wildman–Crippen MR) is 117 cm³/mol. The van der Waals surface area contributed by atoms with Crippen LogP contribution < -0.4 is 9.94 Å². The minimum Gasteiger partial charge on any atom is -0.452 e. The topological polar surface area (TPSA) is 121 Å². The number of esters is 1. The molecule has 0 bridgehead atoms. The van der Waals surface area contributed by atoms with Crippen LogP contribution in [0, 0.1) is 0 Å². The average molecular weight is 500 g/mol. The number of ether oxygens (including phenoxy) is 1. The molecule has 3 aromatic rings. The third-order valence-electron chi connectivity index (χ3n) is 3.98. The van der Waals surface area contributed by atoms with Crippen LogP contribution in [-0.2, 0) is 26.1 Å². The first-order valence-electron chi connectivity index (χ1n) is 8.59. The van der Waals surface area contributed by atoms with E-state index in [0.717, 1.165) is 11.6 Å². The minimum atomic E-state index is -4.12. The Kier molecular flexibility index (Phi) is 7.29. The van der Waals surface area contributed by atoms with Crippen LogP contribution in [-0.4, -0.2) is 31.5 Å². The zero-order valence-corrected chi connectivity index (χ0v) is 18.8. The van der Waals surface area contributed by atoms with Crippen molar-refractivity contribution in [3.8, 4) is 0 Å². The Bertz CT molecular complexity index is 1320. The molecule has 2 N–H and O–H groups in total. The van der Waals surface area contributed by atoms with Gasteiger partial charge in [-0.25, -0.2) is 18.4 Å². The predicted octanol–water partition coefficient (Wildman–Crippen LogP) is 2.84. The molecular weight excluding hydrogens is 485 g/mol. The highest BCUT2D eigenvalue weighted by molar-refractivity contribution is 7.89. The van der Waals surface area contributed by atoms with Gasteiger partial charge in [0.05, 0.1) is 17.1 Å². The summed E-state index contributed by atoms with van der Waals surface area (Å²) >= 11 is 13.2. The summed E-state index contributed by atoms with van der Waals surface area (Å²) in [6, 6.07) is 10.8. The van der Waals surface area contributed by atoms with E-state index in [-0.39, 0.29) is 10.6 Å². The van der Waals surface area contributed by atoms with E-state index in [9.17, 15) is 18.0 Å². The van der Waals surface area contributed by atoms with Crippen LogP contribution >= 0.6 is 34.5 Å². The molecule has 31 heavy (non-hydrogen) atoms. The van der Waals surface area contributed by atoms with E-state index >= 15 is 0 Å². The molecule has 0 atom stereocenters. The molecular formula is C19H15Cl2N3O5S2. The van der Waals surface area contributed by atoms with Crippen molar-refractivity contribution in [1.29, 1.82) is 0 Å². The Labute approximate surface area is 191 Å². The number of hydrogen-bond donors (Lipinski definition) is 1. The first-order chi connectivity index (χ1) is 14.6. The Morgan fingerprint density at radius 3 is 2.58 bits per heavy atom. The molecule has 0 aliphatic carbocycles. The maximum Gasteiger partial charge on any atom is 0.338 e. The van der Waals surface area contributed by atoms with Crippen LogP contribution in [0.3, 0.4) is 0 Å². The molecule has 8 nitrogen and oxygen atoms in total. The van der Waals surface area contributed by atoms with Crippen LogP contribution in [0.1, 0.15) is 15.9 Å². The van der Waals surface area contributed by atoms with Crippen LogP contribution in [0.5, 0.6) is 0 Å². The standard InChI is InChI=1S/C19H15Cl2N3O5S2/c20-14-4-2-1-3-13(14)10-24-7-8-30-19(24)23-17(25)11-29-18(26)12-5-6-15(21)16(9-12)31(22,27)28/h1-9H,10-11H2,(H2,22,27,28). The van der Waals surface area contributed by atoms with Crippen LogP contribution in [0.25, 0.3) is 0 Å². The second-order valence-corrected chi connectivity index (χ2v) is 9.39. The van der Waals surface area contributed by atoms with Crippen LogP contribution in [0.15, 0.2) is 63.9 Å². The Morgan fingerprint density at radius 2 is 1.87 bits per heavy atom. The monoisotopic (exact) mass is 499 g/mol. The summed E-state index contributed by atoms with van der Waals surface area (Å²) in [5.41, 5.74) is 0.738. The van der Waals surface area contributed by atoms with Gasteiger partial charge in [0.15, 0.2) is 11.4 Å². The van der Waals surface area contributed by atoms with E-state index in [4.69, 9.17) is 33.1 Å². The van der Waals surface area contributed by atoms with Crippen molar-refractivity contribution < 1.29 is 22.7 Å². The summed E-state index contributed by atoms with van der Waals surface area (Å²) < 4.78 is 29.7. The van der Waals surface area contributed by atoms with E-state index in [1.54, 1.807) is 22.2 Å². The second kappa shape index (κ2) is 9.75. The van der Waals surface area contributed by atoms with Gasteiger partial charge in [-0.05, 0) is 29.8 Å². The third-order valence-corrected chi connectivity index (χ3v) is 6.53. The highest BCUT2D eigenvalue weighted by Crippen LogP contribution is 2.22. The van der Waals surface area contributed by atoms with Crippen molar-refractivity contribution in [2.24, 2.45) is 10.1 Å². The molecule has 0 spiro atoms. The third kappa shape index (κ3) is 6.02. The lowest BCUT2D eigenvalue weighted by molar-refractivity contribution is -0.121. The van der Waals surface area contributed by atoms with E-state index in [2.05, 4.69) is 4.99 Å². The van der Waals surface area contributed by atoms with Gasteiger partial charge in [-0.15, -0.1) is 11.3 Å². The highest BCUT2D eigenvalue weighted by atomic mass is 35.5. The van der Waals surface area contributed by atoms with Crippen molar-refractivity contribution in [2.45, 2.75) is 11.4 Å². The normalized spacial score (nSPS) is 12.0. The molecule has 0 unspecified atom stereocenters. The van der Waals surface area contributed by atoms with E-state index < -0.39 is 33.4 Å². The van der Waals surface area contributed by atoms with Gasteiger partial charge in [-0.3, -0.25) is 4.79 Å². The number of hydrogen-bond acceptors (Lipinski definition) is 6. The zero-order chi connectivity index (χ0) is 22.6. The first-order valence-corrected chi connectivity index (χ1v) is 11.8. The van der Waals surface area contributed by atoms with Gasteiger partial charge < -0.3 is 9.30 Å². The lowest BCUT2D eigenvalue weighted by Crippen LogP contribution is -2.20. The first kappa shape index (κ1) is 23.2. The number of nitrogens with zero attached hydrogens (tertiary/aromatic N) is 2. The van der Waals surface area contributed by atoms with Crippen LogP contribution in [0.4, 0.5) is 0 Å². The fourth-order valence-electron chi connectivity index (χ4n) is 2.52. The minimum absolute atomic E-state index is 0.119. The number of thiazole rings is 1. The molecule has 0 saturated carbocycles. The summed E-state index contributed by atoms with van der Waals surface area (Å²) in [5, 5.41) is 7.28. The molecule has 12 heteroatoms. The number of aromatic nitrogens is 1.